The first-order chi connectivity index (χ1) is 13.5. The average molecular weight is 392 g/mol. The topological polar surface area (TPSA) is 113 Å². The average Bonchev–Trinajstić information content (AvgIpc) is 3.10. The first kappa shape index (κ1) is 17.8. The Kier molecular flexibility index (Phi) is 4.58. The second-order valence-corrected chi connectivity index (χ2v) is 7.13. The number of carboxylic acid groups (broad SMARTS) is 1. The van der Waals surface area contributed by atoms with Gasteiger partial charge in [0.25, 0.3) is 0 Å². The van der Waals surface area contributed by atoms with E-state index >= 15 is 0 Å². The number of aromatic carboxylic acids is 1. The molecule has 3 N–H and O–H groups in total. The molecule has 0 atom stereocenters. The van der Waals surface area contributed by atoms with Gasteiger partial charge in [-0.2, -0.15) is 0 Å². The van der Waals surface area contributed by atoms with Crippen molar-refractivity contribution >= 4 is 50.1 Å². The number of benzene rings is 1. The van der Waals surface area contributed by atoms with E-state index in [4.69, 9.17) is 5.11 Å². The van der Waals surface area contributed by atoms with Crippen LogP contribution in [0.15, 0.2) is 42.5 Å². The molecular weight excluding hydrogens is 376 g/mol. The van der Waals surface area contributed by atoms with Crippen LogP contribution in [0, 0.1) is 13.8 Å². The van der Waals surface area contributed by atoms with Crippen LogP contribution in [0.1, 0.15) is 21.6 Å². The summed E-state index contributed by atoms with van der Waals surface area (Å²) < 4.78 is 1.09. The first-order valence-electron chi connectivity index (χ1n) is 8.45. The van der Waals surface area contributed by atoms with E-state index in [2.05, 4.69) is 30.8 Å². The van der Waals surface area contributed by atoms with Gasteiger partial charge in [0.15, 0.2) is 22.5 Å². The van der Waals surface area contributed by atoms with Gasteiger partial charge >= 0.3 is 5.97 Å². The van der Waals surface area contributed by atoms with Crippen molar-refractivity contribution in [2.75, 3.05) is 10.6 Å². The van der Waals surface area contributed by atoms with Crippen LogP contribution in [0.4, 0.5) is 22.6 Å². The highest BCUT2D eigenvalue weighted by atomic mass is 32.1. The van der Waals surface area contributed by atoms with Crippen molar-refractivity contribution in [3.05, 3.63) is 59.3 Å². The lowest BCUT2D eigenvalue weighted by molar-refractivity contribution is 0.0690. The highest BCUT2D eigenvalue weighted by Crippen LogP contribution is 2.30. The molecule has 0 bridgehead atoms. The van der Waals surface area contributed by atoms with Gasteiger partial charge < -0.3 is 15.7 Å². The van der Waals surface area contributed by atoms with Crippen molar-refractivity contribution < 1.29 is 9.90 Å². The number of hydrogen-bond donors (Lipinski definition) is 3. The number of nitrogens with one attached hydrogen (secondary N) is 2. The Hall–Kier alpha value is -3.59. The van der Waals surface area contributed by atoms with Crippen molar-refractivity contribution in [2.45, 2.75) is 13.8 Å². The molecule has 0 unspecified atom stereocenters. The van der Waals surface area contributed by atoms with Gasteiger partial charge in [0.1, 0.15) is 5.82 Å². The smallest absolute Gasteiger partial charge is 0.354 e. The molecule has 4 rings (SSSR count). The maximum atomic E-state index is 11.1. The molecular formula is C19H16N6O2S. The van der Waals surface area contributed by atoms with Gasteiger partial charge in [0, 0.05) is 11.1 Å². The SMILES string of the molecule is Cc1c(Nc2cccc(C(=O)O)n2)nnc(Nc2nc3ccccc3s2)c1C. The number of aromatic nitrogens is 4. The fourth-order valence-corrected chi connectivity index (χ4v) is 3.48. The number of para-hydroxylation sites is 1. The van der Waals surface area contributed by atoms with E-state index in [1.807, 2.05) is 38.1 Å². The number of nitrogens with zero attached hydrogens (tertiary/aromatic N) is 4. The molecule has 0 spiro atoms. The fourth-order valence-electron chi connectivity index (χ4n) is 2.61. The summed E-state index contributed by atoms with van der Waals surface area (Å²) in [5.41, 5.74) is 2.67. The van der Waals surface area contributed by atoms with Gasteiger partial charge in [0.05, 0.1) is 10.2 Å². The molecule has 0 amide bonds. The lowest BCUT2D eigenvalue weighted by Crippen LogP contribution is -2.07. The number of thiazole rings is 1. The number of carboxylic acids is 1. The second-order valence-electron chi connectivity index (χ2n) is 6.10. The summed E-state index contributed by atoms with van der Waals surface area (Å²) in [7, 11) is 0. The van der Waals surface area contributed by atoms with E-state index < -0.39 is 5.97 Å². The molecule has 8 nitrogen and oxygen atoms in total. The molecule has 0 aliphatic carbocycles. The van der Waals surface area contributed by atoms with Crippen LogP contribution in [-0.2, 0) is 0 Å². The van der Waals surface area contributed by atoms with Gasteiger partial charge in [-0.05, 0) is 38.1 Å². The van der Waals surface area contributed by atoms with E-state index in [0.29, 0.717) is 17.5 Å². The Morgan fingerprint density at radius 1 is 0.929 bits per heavy atom. The molecule has 0 aliphatic heterocycles. The van der Waals surface area contributed by atoms with Gasteiger partial charge in [-0.3, -0.25) is 0 Å². The predicted molar refractivity (Wildman–Crippen MR) is 109 cm³/mol. The largest absolute Gasteiger partial charge is 0.477 e. The van der Waals surface area contributed by atoms with E-state index in [-0.39, 0.29) is 5.69 Å². The Bertz CT molecular complexity index is 1160. The minimum Gasteiger partial charge on any atom is -0.477 e. The first-order valence-corrected chi connectivity index (χ1v) is 9.27. The standard InChI is InChI=1S/C19H16N6O2S/c1-10-11(2)17(23-19-21-12-6-3-4-8-14(12)28-19)25-24-16(10)22-15-9-5-7-13(20-15)18(26)27/h3-9H,1-2H3,(H,26,27)(H,20,22,24)(H,21,23,25). The molecule has 0 radical (unpaired) electrons. The summed E-state index contributed by atoms with van der Waals surface area (Å²) in [6, 6.07) is 12.7. The minimum atomic E-state index is -1.09. The molecule has 1 aromatic carbocycles. The quantitative estimate of drug-likeness (QED) is 0.461. The number of hydrogen-bond acceptors (Lipinski definition) is 8. The summed E-state index contributed by atoms with van der Waals surface area (Å²) in [4.78, 5) is 19.7. The zero-order valence-electron chi connectivity index (χ0n) is 15.1. The molecule has 0 aliphatic rings. The molecule has 0 saturated heterocycles. The Morgan fingerprint density at radius 3 is 2.36 bits per heavy atom. The number of carbonyl (C=O) groups is 1. The Balaban J connectivity index is 1.59. The van der Waals surface area contributed by atoms with E-state index in [9.17, 15) is 4.79 Å². The van der Waals surface area contributed by atoms with Gasteiger partial charge in [-0.25, -0.2) is 14.8 Å². The van der Waals surface area contributed by atoms with E-state index in [1.54, 1.807) is 23.5 Å². The van der Waals surface area contributed by atoms with Crippen LogP contribution in [0.2, 0.25) is 0 Å². The van der Waals surface area contributed by atoms with E-state index in [0.717, 1.165) is 26.5 Å². The number of rotatable bonds is 5. The predicted octanol–water partition coefficient (Wildman–Crippen LogP) is 4.28. The third-order valence-electron chi connectivity index (χ3n) is 4.26. The number of pyridine rings is 1. The zero-order chi connectivity index (χ0) is 19.7. The monoisotopic (exact) mass is 392 g/mol. The number of anilines is 4. The fraction of sp³-hybridized carbons (Fsp3) is 0.105. The van der Waals surface area contributed by atoms with Gasteiger partial charge in [-0.1, -0.05) is 29.5 Å². The molecule has 0 fully saturated rings. The molecule has 4 aromatic rings. The molecule has 9 heteroatoms. The lowest BCUT2D eigenvalue weighted by Gasteiger charge is -2.12. The second kappa shape index (κ2) is 7.20. The van der Waals surface area contributed by atoms with Crippen molar-refractivity contribution in [1.82, 2.24) is 20.2 Å². The van der Waals surface area contributed by atoms with Crippen molar-refractivity contribution in [1.29, 1.82) is 0 Å². The Labute approximate surface area is 164 Å². The summed E-state index contributed by atoms with van der Waals surface area (Å²) >= 11 is 1.55. The van der Waals surface area contributed by atoms with Crippen LogP contribution in [0.3, 0.4) is 0 Å². The van der Waals surface area contributed by atoms with Crippen LogP contribution in [0.25, 0.3) is 10.2 Å². The normalized spacial score (nSPS) is 10.8. The number of fused-ring (bicyclic) bond motifs is 1. The van der Waals surface area contributed by atoms with Crippen molar-refractivity contribution in [2.24, 2.45) is 0 Å². The van der Waals surface area contributed by atoms with Crippen LogP contribution in [0.5, 0.6) is 0 Å². The molecule has 3 heterocycles. The highest BCUT2D eigenvalue weighted by Gasteiger charge is 2.13. The van der Waals surface area contributed by atoms with Crippen molar-refractivity contribution in [3.8, 4) is 0 Å². The van der Waals surface area contributed by atoms with Gasteiger partial charge in [0.2, 0.25) is 0 Å². The molecule has 0 saturated carbocycles. The van der Waals surface area contributed by atoms with Gasteiger partial charge in [-0.15, -0.1) is 10.2 Å². The molecule has 3 aromatic heterocycles. The van der Waals surface area contributed by atoms with Crippen LogP contribution >= 0.6 is 11.3 Å². The maximum Gasteiger partial charge on any atom is 0.354 e. The summed E-state index contributed by atoms with van der Waals surface area (Å²) in [6.07, 6.45) is 0. The minimum absolute atomic E-state index is 0.0403. The molecule has 28 heavy (non-hydrogen) atoms. The van der Waals surface area contributed by atoms with Crippen LogP contribution < -0.4 is 10.6 Å². The zero-order valence-corrected chi connectivity index (χ0v) is 15.9. The summed E-state index contributed by atoms with van der Waals surface area (Å²) in [5, 5.41) is 24.6. The summed E-state index contributed by atoms with van der Waals surface area (Å²) in [6.45, 7) is 3.85. The van der Waals surface area contributed by atoms with E-state index in [1.165, 1.54) is 6.07 Å². The third kappa shape index (κ3) is 3.47. The third-order valence-corrected chi connectivity index (χ3v) is 5.21. The maximum absolute atomic E-state index is 11.1. The summed E-state index contributed by atoms with van der Waals surface area (Å²) in [5.74, 6) is 0.443. The van der Waals surface area contributed by atoms with Crippen LogP contribution in [-0.4, -0.2) is 31.2 Å². The molecule has 140 valence electrons. The lowest BCUT2D eigenvalue weighted by atomic mass is 10.2. The Morgan fingerprint density at radius 2 is 1.64 bits per heavy atom. The van der Waals surface area contributed by atoms with Crippen molar-refractivity contribution in [3.63, 3.8) is 0 Å². The highest BCUT2D eigenvalue weighted by molar-refractivity contribution is 7.22.